The summed E-state index contributed by atoms with van der Waals surface area (Å²) in [5, 5.41) is 0. The predicted octanol–water partition coefficient (Wildman–Crippen LogP) is 2.89. The maximum absolute atomic E-state index is 12.3. The van der Waals surface area contributed by atoms with Gasteiger partial charge in [-0.25, -0.2) is 0 Å². The number of carbonyl (C=O) groups excluding carboxylic acids is 3. The average molecular weight is 311 g/mol. The van der Waals surface area contributed by atoms with Crippen LogP contribution in [0.1, 0.15) is 31.1 Å². The second-order valence-corrected chi connectivity index (χ2v) is 5.77. The monoisotopic (exact) mass is 311 g/mol. The third-order valence-electron chi connectivity index (χ3n) is 3.59. The van der Waals surface area contributed by atoms with Crippen LogP contribution in [0.5, 0.6) is 0 Å². The molecule has 0 aliphatic carbocycles. The molecule has 5 heteroatoms. The highest BCUT2D eigenvalue weighted by Gasteiger charge is 2.36. The summed E-state index contributed by atoms with van der Waals surface area (Å²) in [6.07, 6.45) is 1.95. The number of Topliss-reactive ketones (excluding diaryl/α,β-unsaturated/α-hetero) is 1. The largest absolute Gasteiger partial charge is 0.292 e. The van der Waals surface area contributed by atoms with E-state index in [-0.39, 0.29) is 12.3 Å². The molecule has 0 spiro atoms. The van der Waals surface area contributed by atoms with Crippen molar-refractivity contribution in [2.75, 3.05) is 12.8 Å². The van der Waals surface area contributed by atoms with Crippen molar-refractivity contribution in [3.8, 4) is 0 Å². The molecule has 0 saturated carbocycles. The standard InChI is InChI=1S/C17H13NO3S/c1-22-12-8-6-11(7-9-12)15(19)10-18-16(20)13-4-2-3-5-14(13)17(18)21/h2-9H,10H2,1H3. The van der Waals surface area contributed by atoms with E-state index >= 15 is 0 Å². The topological polar surface area (TPSA) is 54.5 Å². The highest BCUT2D eigenvalue weighted by atomic mass is 32.2. The molecule has 0 aromatic heterocycles. The van der Waals surface area contributed by atoms with Crippen molar-refractivity contribution in [3.63, 3.8) is 0 Å². The van der Waals surface area contributed by atoms with Gasteiger partial charge in [0, 0.05) is 10.5 Å². The van der Waals surface area contributed by atoms with Crippen molar-refractivity contribution in [2.24, 2.45) is 0 Å². The van der Waals surface area contributed by atoms with E-state index in [1.54, 1.807) is 48.2 Å². The van der Waals surface area contributed by atoms with Crippen LogP contribution in [0, 0.1) is 0 Å². The Labute approximate surface area is 132 Å². The van der Waals surface area contributed by atoms with Crippen LogP contribution in [-0.4, -0.2) is 35.3 Å². The van der Waals surface area contributed by atoms with Gasteiger partial charge >= 0.3 is 0 Å². The molecule has 2 aromatic carbocycles. The SMILES string of the molecule is CSc1ccc(C(=O)CN2C(=O)c3ccccc3C2=O)cc1. The fourth-order valence-electron chi connectivity index (χ4n) is 2.39. The molecule has 0 unspecified atom stereocenters. The number of hydrogen-bond acceptors (Lipinski definition) is 4. The molecular weight excluding hydrogens is 298 g/mol. The van der Waals surface area contributed by atoms with Gasteiger partial charge < -0.3 is 0 Å². The molecule has 0 radical (unpaired) electrons. The van der Waals surface area contributed by atoms with Crippen molar-refractivity contribution >= 4 is 29.4 Å². The maximum Gasteiger partial charge on any atom is 0.261 e. The van der Waals surface area contributed by atoms with Crippen molar-refractivity contribution in [1.82, 2.24) is 4.90 Å². The van der Waals surface area contributed by atoms with Gasteiger partial charge in [-0.3, -0.25) is 19.3 Å². The smallest absolute Gasteiger partial charge is 0.261 e. The minimum Gasteiger partial charge on any atom is -0.292 e. The number of thioether (sulfide) groups is 1. The molecule has 1 heterocycles. The molecule has 4 nitrogen and oxygen atoms in total. The Kier molecular flexibility index (Phi) is 3.81. The number of nitrogens with zero attached hydrogens (tertiary/aromatic N) is 1. The maximum atomic E-state index is 12.3. The highest BCUT2D eigenvalue weighted by molar-refractivity contribution is 7.98. The zero-order chi connectivity index (χ0) is 15.7. The van der Waals surface area contributed by atoms with Crippen LogP contribution < -0.4 is 0 Å². The first-order chi connectivity index (χ1) is 10.6. The molecule has 1 aliphatic heterocycles. The first-order valence-electron chi connectivity index (χ1n) is 6.74. The van der Waals surface area contributed by atoms with Gasteiger partial charge in [0.1, 0.15) is 0 Å². The van der Waals surface area contributed by atoms with Gasteiger partial charge in [0.05, 0.1) is 17.7 Å². The van der Waals surface area contributed by atoms with Gasteiger partial charge in [-0.2, -0.15) is 0 Å². The molecule has 2 aromatic rings. The molecule has 3 rings (SSSR count). The lowest BCUT2D eigenvalue weighted by Crippen LogP contribution is -2.34. The van der Waals surface area contributed by atoms with Crippen LogP contribution in [0.2, 0.25) is 0 Å². The van der Waals surface area contributed by atoms with E-state index in [2.05, 4.69) is 0 Å². The summed E-state index contributed by atoms with van der Waals surface area (Å²) in [5.41, 5.74) is 1.21. The van der Waals surface area contributed by atoms with E-state index in [0.29, 0.717) is 16.7 Å². The first-order valence-corrected chi connectivity index (χ1v) is 7.97. The second-order valence-electron chi connectivity index (χ2n) is 4.89. The van der Waals surface area contributed by atoms with E-state index in [4.69, 9.17) is 0 Å². The Hall–Kier alpha value is -2.40. The van der Waals surface area contributed by atoms with Crippen LogP contribution in [0.3, 0.4) is 0 Å². The van der Waals surface area contributed by atoms with Crippen molar-refractivity contribution in [1.29, 1.82) is 0 Å². The molecule has 0 N–H and O–H groups in total. The number of ketones is 1. The number of hydrogen-bond donors (Lipinski definition) is 0. The van der Waals surface area contributed by atoms with E-state index < -0.39 is 11.8 Å². The van der Waals surface area contributed by atoms with Gasteiger partial charge in [-0.15, -0.1) is 11.8 Å². The Morgan fingerprint density at radius 2 is 1.50 bits per heavy atom. The minimum atomic E-state index is -0.408. The third kappa shape index (κ3) is 2.44. The number of rotatable bonds is 4. The fraction of sp³-hybridized carbons (Fsp3) is 0.118. The van der Waals surface area contributed by atoms with Gasteiger partial charge in [-0.05, 0) is 30.5 Å². The van der Waals surface area contributed by atoms with Gasteiger partial charge in [0.2, 0.25) is 0 Å². The molecular formula is C17H13NO3S. The fourth-order valence-corrected chi connectivity index (χ4v) is 2.80. The van der Waals surface area contributed by atoms with E-state index in [1.807, 2.05) is 18.4 Å². The van der Waals surface area contributed by atoms with Crippen LogP contribution in [0.15, 0.2) is 53.4 Å². The number of benzene rings is 2. The highest BCUT2D eigenvalue weighted by Crippen LogP contribution is 2.23. The van der Waals surface area contributed by atoms with Crippen molar-refractivity contribution < 1.29 is 14.4 Å². The number of fused-ring (bicyclic) bond motifs is 1. The molecule has 0 saturated heterocycles. The summed E-state index contributed by atoms with van der Waals surface area (Å²) in [5.74, 6) is -1.06. The Balaban J connectivity index is 1.80. The quantitative estimate of drug-likeness (QED) is 0.495. The van der Waals surface area contributed by atoms with Crippen LogP contribution >= 0.6 is 11.8 Å². The Morgan fingerprint density at radius 1 is 0.955 bits per heavy atom. The molecule has 22 heavy (non-hydrogen) atoms. The summed E-state index contributed by atoms with van der Waals surface area (Å²) in [4.78, 5) is 38.8. The molecule has 0 fully saturated rings. The van der Waals surface area contributed by atoms with Crippen LogP contribution in [0.4, 0.5) is 0 Å². The molecule has 0 atom stereocenters. The average Bonchev–Trinajstić information content (AvgIpc) is 2.80. The zero-order valence-corrected chi connectivity index (χ0v) is 12.7. The lowest BCUT2D eigenvalue weighted by molar-refractivity contribution is 0.0624. The predicted molar refractivity (Wildman–Crippen MR) is 84.4 cm³/mol. The van der Waals surface area contributed by atoms with Gasteiger partial charge in [-0.1, -0.05) is 24.3 Å². The van der Waals surface area contributed by atoms with Crippen molar-refractivity contribution in [2.45, 2.75) is 4.90 Å². The van der Waals surface area contributed by atoms with E-state index in [1.165, 1.54) is 0 Å². The molecule has 110 valence electrons. The van der Waals surface area contributed by atoms with Crippen molar-refractivity contribution in [3.05, 3.63) is 65.2 Å². The Bertz CT molecular complexity index is 733. The van der Waals surface area contributed by atoms with Gasteiger partial charge in [0.15, 0.2) is 5.78 Å². The third-order valence-corrected chi connectivity index (χ3v) is 4.34. The summed E-state index contributed by atoms with van der Waals surface area (Å²) in [6.45, 7) is -0.231. The normalized spacial score (nSPS) is 13.4. The molecule has 1 aliphatic rings. The van der Waals surface area contributed by atoms with Gasteiger partial charge in [0.25, 0.3) is 11.8 Å². The van der Waals surface area contributed by atoms with Crippen LogP contribution in [0.25, 0.3) is 0 Å². The lowest BCUT2D eigenvalue weighted by Gasteiger charge is -2.12. The summed E-state index contributed by atoms with van der Waals surface area (Å²) in [7, 11) is 0. The number of amides is 2. The minimum absolute atomic E-state index is 0.231. The summed E-state index contributed by atoms with van der Waals surface area (Å²) >= 11 is 1.58. The van der Waals surface area contributed by atoms with Crippen LogP contribution in [-0.2, 0) is 0 Å². The molecule has 0 bridgehead atoms. The van der Waals surface area contributed by atoms with E-state index in [0.717, 1.165) is 9.80 Å². The lowest BCUT2D eigenvalue weighted by atomic mass is 10.1. The Morgan fingerprint density at radius 3 is 2.00 bits per heavy atom. The molecule has 2 amide bonds. The zero-order valence-electron chi connectivity index (χ0n) is 11.9. The first kappa shape index (κ1) is 14.5. The summed E-state index contributed by atoms with van der Waals surface area (Å²) in [6, 6.07) is 13.7. The number of carbonyl (C=O) groups is 3. The summed E-state index contributed by atoms with van der Waals surface area (Å²) < 4.78 is 0. The van der Waals surface area contributed by atoms with E-state index in [9.17, 15) is 14.4 Å². The number of imide groups is 1. The second kappa shape index (κ2) is 5.77.